The Labute approximate surface area is 189 Å². The third-order valence-corrected chi connectivity index (χ3v) is 5.57. The number of carbonyl (C=O) groups excluding carboxylic acids is 2. The van der Waals surface area contributed by atoms with E-state index in [1.54, 1.807) is 49.2 Å². The number of aliphatic hydroxyl groups is 1. The standard InChI is InChI=1S/C23H21ClN4O4/c1-32-18-6-5-16(24)12-17(18)21(29)19-20(15-4-2-7-25-13-15)28(23(31)22(19)30)10-3-9-27-11-8-26-14-27/h2,4-8,11-14,20,29H,3,9-10H2,1H3. The Morgan fingerprint density at radius 2 is 2.03 bits per heavy atom. The highest BCUT2D eigenvalue weighted by Gasteiger charge is 2.46. The number of halogens is 1. The van der Waals surface area contributed by atoms with Crippen molar-refractivity contribution in [3.05, 3.63) is 83.2 Å². The van der Waals surface area contributed by atoms with Gasteiger partial charge in [0.1, 0.15) is 11.5 Å². The molecule has 3 heterocycles. The number of benzene rings is 1. The van der Waals surface area contributed by atoms with E-state index >= 15 is 0 Å². The number of rotatable bonds is 7. The van der Waals surface area contributed by atoms with Gasteiger partial charge in [-0.05, 0) is 36.2 Å². The van der Waals surface area contributed by atoms with Gasteiger partial charge < -0.3 is 19.3 Å². The third kappa shape index (κ3) is 4.09. The van der Waals surface area contributed by atoms with Gasteiger partial charge in [0.15, 0.2) is 0 Å². The number of aliphatic hydroxyl groups excluding tert-OH is 1. The summed E-state index contributed by atoms with van der Waals surface area (Å²) in [5.74, 6) is -1.44. The first-order valence-corrected chi connectivity index (χ1v) is 10.4. The molecule has 0 bridgehead atoms. The highest BCUT2D eigenvalue weighted by Crippen LogP contribution is 2.41. The molecule has 1 amide bonds. The molecule has 1 atom stereocenters. The molecule has 1 fully saturated rings. The lowest BCUT2D eigenvalue weighted by atomic mass is 9.96. The van der Waals surface area contributed by atoms with Crippen LogP contribution in [0.15, 0.2) is 67.0 Å². The van der Waals surface area contributed by atoms with Crippen LogP contribution >= 0.6 is 11.6 Å². The number of imidazole rings is 1. The molecule has 0 spiro atoms. The molecule has 2 aromatic heterocycles. The van der Waals surface area contributed by atoms with Crippen molar-refractivity contribution in [2.24, 2.45) is 0 Å². The van der Waals surface area contributed by atoms with E-state index in [0.29, 0.717) is 35.8 Å². The Hall–Kier alpha value is -3.65. The van der Waals surface area contributed by atoms with E-state index in [-0.39, 0.29) is 16.9 Å². The molecule has 4 rings (SSSR count). The van der Waals surface area contributed by atoms with Gasteiger partial charge in [-0.2, -0.15) is 0 Å². The maximum absolute atomic E-state index is 13.1. The van der Waals surface area contributed by atoms with E-state index in [0.717, 1.165) is 0 Å². The maximum atomic E-state index is 13.1. The predicted octanol–water partition coefficient (Wildman–Crippen LogP) is 3.45. The Bertz CT molecular complexity index is 1160. The van der Waals surface area contributed by atoms with Crippen molar-refractivity contribution in [2.75, 3.05) is 13.7 Å². The fourth-order valence-electron chi connectivity index (χ4n) is 3.85. The van der Waals surface area contributed by atoms with Crippen molar-refractivity contribution in [3.8, 4) is 5.75 Å². The van der Waals surface area contributed by atoms with Gasteiger partial charge in [0.2, 0.25) is 0 Å². The van der Waals surface area contributed by atoms with Gasteiger partial charge >= 0.3 is 0 Å². The average Bonchev–Trinajstić information content (AvgIpc) is 3.41. The van der Waals surface area contributed by atoms with Crippen LogP contribution in [0.1, 0.15) is 23.6 Å². The fraction of sp³-hybridized carbons (Fsp3) is 0.217. The minimum Gasteiger partial charge on any atom is -0.507 e. The fourth-order valence-corrected chi connectivity index (χ4v) is 4.02. The molecule has 1 unspecified atom stereocenters. The van der Waals surface area contributed by atoms with Crippen LogP contribution in [-0.2, 0) is 16.1 Å². The molecule has 9 heteroatoms. The number of likely N-dealkylation sites (tertiary alicyclic amines) is 1. The van der Waals surface area contributed by atoms with Gasteiger partial charge in [0, 0.05) is 42.9 Å². The lowest BCUT2D eigenvalue weighted by molar-refractivity contribution is -0.139. The molecule has 32 heavy (non-hydrogen) atoms. The number of methoxy groups -OCH3 is 1. The predicted molar refractivity (Wildman–Crippen MR) is 118 cm³/mol. The molecule has 0 aliphatic carbocycles. The third-order valence-electron chi connectivity index (χ3n) is 5.33. The summed E-state index contributed by atoms with van der Waals surface area (Å²) in [5.41, 5.74) is 0.841. The summed E-state index contributed by atoms with van der Waals surface area (Å²) in [6.45, 7) is 0.941. The molecule has 1 aliphatic heterocycles. The van der Waals surface area contributed by atoms with Gasteiger partial charge in [-0.1, -0.05) is 17.7 Å². The Morgan fingerprint density at radius 3 is 2.72 bits per heavy atom. The van der Waals surface area contributed by atoms with Crippen LogP contribution in [0.25, 0.3) is 5.76 Å². The number of ether oxygens (including phenoxy) is 1. The summed E-state index contributed by atoms with van der Waals surface area (Å²) in [4.78, 5) is 35.7. The van der Waals surface area contributed by atoms with Gasteiger partial charge in [0.05, 0.1) is 30.6 Å². The number of ketones is 1. The van der Waals surface area contributed by atoms with Gasteiger partial charge in [0.25, 0.3) is 11.7 Å². The molecule has 164 valence electrons. The van der Waals surface area contributed by atoms with Crippen LogP contribution in [0.4, 0.5) is 0 Å². The van der Waals surface area contributed by atoms with Crippen molar-refractivity contribution >= 4 is 29.1 Å². The first kappa shape index (κ1) is 21.6. The monoisotopic (exact) mass is 452 g/mol. The van der Waals surface area contributed by atoms with E-state index in [2.05, 4.69) is 9.97 Å². The number of hydrogen-bond donors (Lipinski definition) is 1. The zero-order valence-corrected chi connectivity index (χ0v) is 18.1. The van der Waals surface area contributed by atoms with Crippen LogP contribution < -0.4 is 4.74 Å². The van der Waals surface area contributed by atoms with Crippen LogP contribution in [0.3, 0.4) is 0 Å². The lowest BCUT2D eigenvalue weighted by Gasteiger charge is -2.25. The molecule has 0 saturated carbocycles. The zero-order valence-electron chi connectivity index (χ0n) is 17.3. The summed E-state index contributed by atoms with van der Waals surface area (Å²) >= 11 is 6.12. The summed E-state index contributed by atoms with van der Waals surface area (Å²) in [7, 11) is 1.45. The van der Waals surface area contributed by atoms with Crippen LogP contribution in [-0.4, -0.2) is 49.9 Å². The maximum Gasteiger partial charge on any atom is 0.295 e. The molecule has 1 N–H and O–H groups in total. The molecular weight excluding hydrogens is 432 g/mol. The normalized spacial score (nSPS) is 17.7. The van der Waals surface area contributed by atoms with Crippen molar-refractivity contribution < 1.29 is 19.4 Å². The molecular formula is C23H21ClN4O4. The number of hydrogen-bond acceptors (Lipinski definition) is 6. The number of Topliss-reactive ketones (excluding diaryl/α,β-unsaturated/α-hetero) is 1. The van der Waals surface area contributed by atoms with Crippen molar-refractivity contribution in [2.45, 2.75) is 19.0 Å². The number of amides is 1. The topological polar surface area (TPSA) is 97.6 Å². The highest BCUT2D eigenvalue weighted by molar-refractivity contribution is 6.46. The van der Waals surface area contributed by atoms with Crippen molar-refractivity contribution in [1.82, 2.24) is 19.4 Å². The first-order chi connectivity index (χ1) is 15.5. The molecule has 1 aromatic carbocycles. The number of pyridine rings is 1. The Morgan fingerprint density at radius 1 is 1.19 bits per heavy atom. The van der Waals surface area contributed by atoms with Crippen LogP contribution in [0, 0.1) is 0 Å². The summed E-state index contributed by atoms with van der Waals surface area (Å²) in [6.07, 6.45) is 8.99. The minimum absolute atomic E-state index is 0.0220. The number of carbonyl (C=O) groups is 2. The van der Waals surface area contributed by atoms with E-state index < -0.39 is 17.7 Å². The lowest BCUT2D eigenvalue weighted by Crippen LogP contribution is -2.31. The van der Waals surface area contributed by atoms with E-state index in [9.17, 15) is 14.7 Å². The molecule has 1 aliphatic rings. The average molecular weight is 453 g/mol. The van der Waals surface area contributed by atoms with Gasteiger partial charge in [-0.15, -0.1) is 0 Å². The van der Waals surface area contributed by atoms with Gasteiger partial charge in [-0.3, -0.25) is 14.6 Å². The van der Waals surface area contributed by atoms with E-state index in [1.165, 1.54) is 18.1 Å². The van der Waals surface area contributed by atoms with E-state index in [1.807, 2.05) is 10.8 Å². The SMILES string of the molecule is COc1ccc(Cl)cc1C(O)=C1C(=O)C(=O)N(CCCn2ccnc2)C1c1cccnc1. The number of nitrogens with zero attached hydrogens (tertiary/aromatic N) is 4. The van der Waals surface area contributed by atoms with Crippen LogP contribution in [0.2, 0.25) is 5.02 Å². The molecule has 0 radical (unpaired) electrons. The second-order valence-electron chi connectivity index (χ2n) is 7.28. The minimum atomic E-state index is -0.782. The smallest absolute Gasteiger partial charge is 0.295 e. The second kappa shape index (κ2) is 9.23. The van der Waals surface area contributed by atoms with Crippen molar-refractivity contribution in [1.29, 1.82) is 0 Å². The highest BCUT2D eigenvalue weighted by atomic mass is 35.5. The summed E-state index contributed by atoms with van der Waals surface area (Å²) < 4.78 is 7.23. The summed E-state index contributed by atoms with van der Waals surface area (Å²) in [5, 5.41) is 11.5. The van der Waals surface area contributed by atoms with E-state index in [4.69, 9.17) is 16.3 Å². The molecule has 8 nitrogen and oxygen atoms in total. The Kier molecular flexibility index (Phi) is 6.23. The zero-order chi connectivity index (χ0) is 22.7. The number of aryl methyl sites for hydroxylation is 1. The number of aromatic nitrogens is 3. The Balaban J connectivity index is 1.76. The first-order valence-electron chi connectivity index (χ1n) is 9.99. The largest absolute Gasteiger partial charge is 0.507 e. The second-order valence-corrected chi connectivity index (χ2v) is 7.71. The van der Waals surface area contributed by atoms with Gasteiger partial charge in [-0.25, -0.2) is 4.98 Å². The van der Waals surface area contributed by atoms with Crippen molar-refractivity contribution in [3.63, 3.8) is 0 Å². The quantitative estimate of drug-likeness (QED) is 0.335. The molecule has 3 aromatic rings. The molecule has 1 saturated heterocycles. The van der Waals surface area contributed by atoms with Crippen LogP contribution in [0.5, 0.6) is 5.75 Å². The summed E-state index contributed by atoms with van der Waals surface area (Å²) in [6, 6.07) is 7.43.